The van der Waals surface area contributed by atoms with Gasteiger partial charge in [-0.25, -0.2) is 0 Å². The minimum Gasteiger partial charge on any atom is -0.455 e. The molecule has 1 aliphatic rings. The van der Waals surface area contributed by atoms with Crippen LogP contribution in [0, 0.1) is 11.3 Å². The second kappa shape index (κ2) is 5.53. The number of ether oxygens (including phenoxy) is 1. The lowest BCUT2D eigenvalue weighted by molar-refractivity contribution is 0.201. The predicted octanol–water partition coefficient (Wildman–Crippen LogP) is 3.66. The normalized spacial score (nSPS) is 20.0. The second-order valence-electron chi connectivity index (χ2n) is 4.76. The number of halogens is 1. The summed E-state index contributed by atoms with van der Waals surface area (Å²) in [6.07, 6.45) is 1.91. The molecule has 0 unspecified atom stereocenters. The third kappa shape index (κ3) is 2.58. The Kier molecular flexibility index (Phi) is 3.84. The van der Waals surface area contributed by atoms with Gasteiger partial charge in [0.25, 0.3) is 0 Å². The molecule has 1 aromatic carbocycles. The number of hydrogen-bond donors (Lipinski definition) is 3. The maximum atomic E-state index is 10.0. The molecule has 0 spiro atoms. The van der Waals surface area contributed by atoms with E-state index in [1.807, 2.05) is 6.07 Å². The van der Waals surface area contributed by atoms with Crippen LogP contribution in [0.3, 0.4) is 0 Å². The van der Waals surface area contributed by atoms with E-state index in [2.05, 4.69) is 20.9 Å². The van der Waals surface area contributed by atoms with Crippen molar-refractivity contribution in [3.8, 4) is 17.6 Å². The summed E-state index contributed by atoms with van der Waals surface area (Å²) in [4.78, 5) is 4.23. The van der Waals surface area contributed by atoms with E-state index in [1.54, 1.807) is 6.07 Å². The molecule has 0 saturated carbocycles. The fourth-order valence-electron chi connectivity index (χ4n) is 2.29. The lowest BCUT2D eigenvalue weighted by atomic mass is 10.1. The first-order valence-electron chi connectivity index (χ1n) is 6.22. The standard InChI is InChI=1S/C14H11BrN2O4S/c15-14-11(21-9-3-8(4-16)5-17-6-9)1-2-12-13(14)10(18)7-22(12,19)20/h1-3,5-6,10,18-20H,7H2/t10-/m0/s1. The van der Waals surface area contributed by atoms with Crippen molar-refractivity contribution >= 4 is 26.5 Å². The fraction of sp³-hybridized carbons (Fsp3) is 0.143. The molecule has 0 saturated heterocycles. The Bertz CT molecular complexity index is 791. The molecular formula is C14H11BrN2O4S. The number of aliphatic hydroxyl groups excluding tert-OH is 1. The summed E-state index contributed by atoms with van der Waals surface area (Å²) in [5, 5.41) is 18.9. The van der Waals surface area contributed by atoms with E-state index in [1.165, 1.54) is 24.5 Å². The summed E-state index contributed by atoms with van der Waals surface area (Å²) in [6, 6.07) is 6.62. The van der Waals surface area contributed by atoms with Gasteiger partial charge in [0.15, 0.2) is 0 Å². The van der Waals surface area contributed by atoms with Crippen molar-refractivity contribution in [2.45, 2.75) is 11.0 Å². The molecule has 6 nitrogen and oxygen atoms in total. The molecule has 0 fully saturated rings. The topological polar surface area (TPSA) is 107 Å². The van der Waals surface area contributed by atoms with E-state index >= 15 is 0 Å². The van der Waals surface area contributed by atoms with Gasteiger partial charge in [0, 0.05) is 17.8 Å². The van der Waals surface area contributed by atoms with Crippen molar-refractivity contribution in [3.05, 3.63) is 46.2 Å². The molecule has 1 atom stereocenters. The van der Waals surface area contributed by atoms with Crippen LogP contribution in [0.5, 0.6) is 11.5 Å². The van der Waals surface area contributed by atoms with Gasteiger partial charge in [0.2, 0.25) is 0 Å². The average molecular weight is 383 g/mol. The molecule has 8 heteroatoms. The van der Waals surface area contributed by atoms with Crippen molar-refractivity contribution in [1.82, 2.24) is 4.98 Å². The van der Waals surface area contributed by atoms with Gasteiger partial charge in [0.1, 0.15) is 17.6 Å². The monoisotopic (exact) mass is 382 g/mol. The maximum absolute atomic E-state index is 10.0. The first kappa shape index (κ1) is 15.3. The quantitative estimate of drug-likeness (QED) is 0.731. The minimum absolute atomic E-state index is 0.115. The molecule has 1 aliphatic heterocycles. The van der Waals surface area contributed by atoms with Gasteiger partial charge in [0.05, 0.1) is 33.0 Å². The van der Waals surface area contributed by atoms with Crippen LogP contribution in [0.25, 0.3) is 0 Å². The van der Waals surface area contributed by atoms with Crippen molar-refractivity contribution in [1.29, 1.82) is 5.26 Å². The smallest absolute Gasteiger partial charge is 0.147 e. The molecule has 0 bridgehead atoms. The Balaban J connectivity index is 2.00. The first-order valence-corrected chi connectivity index (χ1v) is 8.72. The Morgan fingerprint density at radius 3 is 2.86 bits per heavy atom. The summed E-state index contributed by atoms with van der Waals surface area (Å²) in [5.41, 5.74) is 0.783. The molecule has 2 heterocycles. The zero-order chi connectivity index (χ0) is 15.9. The third-order valence-electron chi connectivity index (χ3n) is 3.25. The fourth-order valence-corrected chi connectivity index (χ4v) is 4.77. The number of fused-ring (bicyclic) bond motifs is 1. The van der Waals surface area contributed by atoms with Gasteiger partial charge in [-0.2, -0.15) is 15.9 Å². The zero-order valence-corrected chi connectivity index (χ0v) is 13.5. The molecule has 2 aromatic rings. The van der Waals surface area contributed by atoms with Gasteiger partial charge in [-0.3, -0.25) is 14.1 Å². The molecule has 22 heavy (non-hydrogen) atoms. The van der Waals surface area contributed by atoms with Gasteiger partial charge < -0.3 is 9.84 Å². The molecule has 0 radical (unpaired) electrons. The SMILES string of the molecule is N#Cc1cncc(Oc2ccc3c(c2Br)[C@@H](O)CS3(O)O)c1. The van der Waals surface area contributed by atoms with Crippen LogP contribution >= 0.6 is 26.5 Å². The number of nitriles is 1. The highest BCUT2D eigenvalue weighted by molar-refractivity contribution is 9.10. The summed E-state index contributed by atoms with van der Waals surface area (Å²) < 4.78 is 26.0. The molecule has 0 aliphatic carbocycles. The highest BCUT2D eigenvalue weighted by Crippen LogP contribution is 2.61. The van der Waals surface area contributed by atoms with Gasteiger partial charge in [-0.05, 0) is 28.1 Å². The first-order chi connectivity index (χ1) is 10.4. The number of nitrogens with zero attached hydrogens (tertiary/aromatic N) is 2. The van der Waals surface area contributed by atoms with E-state index < -0.39 is 16.7 Å². The van der Waals surface area contributed by atoms with E-state index in [4.69, 9.17) is 10.00 Å². The van der Waals surface area contributed by atoms with Crippen LogP contribution < -0.4 is 4.74 Å². The Hall–Kier alpha value is -1.63. The predicted molar refractivity (Wildman–Crippen MR) is 84.1 cm³/mol. The second-order valence-corrected chi connectivity index (χ2v) is 7.66. The van der Waals surface area contributed by atoms with Gasteiger partial charge in [-0.15, -0.1) is 0 Å². The van der Waals surface area contributed by atoms with Gasteiger partial charge in [-0.1, -0.05) is 0 Å². The Morgan fingerprint density at radius 1 is 1.36 bits per heavy atom. The Morgan fingerprint density at radius 2 is 2.14 bits per heavy atom. The van der Waals surface area contributed by atoms with Crippen LogP contribution in [0.15, 0.2) is 40.0 Å². The maximum Gasteiger partial charge on any atom is 0.147 e. The Labute approximate surface area is 136 Å². The van der Waals surface area contributed by atoms with E-state index in [-0.39, 0.29) is 5.75 Å². The van der Waals surface area contributed by atoms with E-state index in [9.17, 15) is 14.2 Å². The highest BCUT2D eigenvalue weighted by Gasteiger charge is 2.36. The molecule has 3 N–H and O–H groups in total. The third-order valence-corrected chi connectivity index (χ3v) is 5.91. The van der Waals surface area contributed by atoms with Crippen LogP contribution in [0.1, 0.15) is 17.2 Å². The van der Waals surface area contributed by atoms with Crippen LogP contribution in [0.4, 0.5) is 0 Å². The molecular weight excluding hydrogens is 372 g/mol. The molecule has 114 valence electrons. The summed E-state index contributed by atoms with van der Waals surface area (Å²) in [6.45, 7) is 0. The number of benzene rings is 1. The average Bonchev–Trinajstić information content (AvgIpc) is 2.72. The number of pyridine rings is 1. The van der Waals surface area contributed by atoms with E-state index in [0.29, 0.717) is 32.0 Å². The van der Waals surface area contributed by atoms with Crippen molar-refractivity contribution in [2.24, 2.45) is 0 Å². The largest absolute Gasteiger partial charge is 0.455 e. The van der Waals surface area contributed by atoms with Crippen LogP contribution in [0.2, 0.25) is 0 Å². The summed E-state index contributed by atoms with van der Waals surface area (Å²) in [7, 11) is -2.97. The number of rotatable bonds is 2. The minimum atomic E-state index is -2.97. The molecule has 0 amide bonds. The number of aromatic nitrogens is 1. The van der Waals surface area contributed by atoms with Gasteiger partial charge >= 0.3 is 0 Å². The summed E-state index contributed by atoms with van der Waals surface area (Å²) in [5.74, 6) is 0.654. The van der Waals surface area contributed by atoms with Crippen LogP contribution in [-0.4, -0.2) is 24.9 Å². The molecule has 3 rings (SSSR count). The molecule has 1 aromatic heterocycles. The van der Waals surface area contributed by atoms with E-state index in [0.717, 1.165) is 0 Å². The highest BCUT2D eigenvalue weighted by atomic mass is 79.9. The van der Waals surface area contributed by atoms with Crippen molar-refractivity contribution < 1.29 is 18.9 Å². The lowest BCUT2D eigenvalue weighted by Crippen LogP contribution is -2.00. The number of aliphatic hydroxyl groups is 1. The van der Waals surface area contributed by atoms with Crippen LogP contribution in [-0.2, 0) is 0 Å². The van der Waals surface area contributed by atoms with Crippen molar-refractivity contribution in [3.63, 3.8) is 0 Å². The lowest BCUT2D eigenvalue weighted by Gasteiger charge is -2.27. The number of hydrogen-bond acceptors (Lipinski definition) is 6. The zero-order valence-electron chi connectivity index (χ0n) is 11.1. The van der Waals surface area contributed by atoms with Crippen molar-refractivity contribution in [2.75, 3.05) is 5.75 Å². The summed E-state index contributed by atoms with van der Waals surface area (Å²) >= 11 is 3.34.